The number of hydrogen-bond donors (Lipinski definition) is 0. The molecule has 3 atom stereocenters. The summed E-state index contributed by atoms with van der Waals surface area (Å²) in [6, 6.07) is 0. The number of allylic oxidation sites excluding steroid dienone is 1. The van der Waals surface area contributed by atoms with Gasteiger partial charge in [-0.3, -0.25) is 0 Å². The van der Waals surface area contributed by atoms with E-state index in [2.05, 4.69) is 19.1 Å². The summed E-state index contributed by atoms with van der Waals surface area (Å²) in [4.78, 5) is 0. The van der Waals surface area contributed by atoms with E-state index < -0.39 is 5.79 Å². The minimum absolute atomic E-state index is 0.275. The summed E-state index contributed by atoms with van der Waals surface area (Å²) in [5.41, 5.74) is 0. The summed E-state index contributed by atoms with van der Waals surface area (Å²) in [6.45, 7) is 6.21. The van der Waals surface area contributed by atoms with Crippen molar-refractivity contribution in [3.05, 3.63) is 12.2 Å². The minimum Gasteiger partial charge on any atom is -0.347 e. The van der Waals surface area contributed by atoms with Gasteiger partial charge in [0.25, 0.3) is 0 Å². The first-order valence-corrected chi connectivity index (χ1v) is 5.64. The molecular formula is C12H20O2. The average molecular weight is 196 g/mol. The van der Waals surface area contributed by atoms with E-state index >= 15 is 0 Å². The van der Waals surface area contributed by atoms with Crippen LogP contribution in [0.25, 0.3) is 0 Å². The molecule has 2 rings (SSSR count). The standard InChI is InChI=1S/C12H20O2/c1-4-10-9-7-5-6-8-11(9)14-12(2,3)13-10/h6,8-11H,4-5,7H2,1-3H3. The van der Waals surface area contributed by atoms with Gasteiger partial charge in [0.1, 0.15) is 0 Å². The molecule has 0 radical (unpaired) electrons. The third-order valence-corrected chi connectivity index (χ3v) is 3.15. The van der Waals surface area contributed by atoms with E-state index in [9.17, 15) is 0 Å². The first-order valence-electron chi connectivity index (χ1n) is 5.64. The van der Waals surface area contributed by atoms with E-state index in [4.69, 9.17) is 9.47 Å². The molecule has 1 fully saturated rings. The molecule has 3 unspecified atom stereocenters. The van der Waals surface area contributed by atoms with E-state index in [1.54, 1.807) is 0 Å². The lowest BCUT2D eigenvalue weighted by atomic mass is 9.84. The molecule has 0 amide bonds. The summed E-state index contributed by atoms with van der Waals surface area (Å²) in [6.07, 6.45) is 8.55. The molecule has 2 nitrogen and oxygen atoms in total. The Morgan fingerprint density at radius 3 is 2.86 bits per heavy atom. The first kappa shape index (κ1) is 10.2. The Morgan fingerprint density at radius 2 is 2.14 bits per heavy atom. The molecule has 0 spiro atoms. The monoisotopic (exact) mass is 196 g/mol. The number of fused-ring (bicyclic) bond motifs is 1. The minimum atomic E-state index is -0.413. The van der Waals surface area contributed by atoms with Crippen molar-refractivity contribution in [2.45, 2.75) is 58.0 Å². The molecule has 1 heterocycles. The number of ether oxygens (including phenoxy) is 2. The first-order chi connectivity index (χ1) is 6.62. The van der Waals surface area contributed by atoms with Crippen LogP contribution in [0.5, 0.6) is 0 Å². The smallest absolute Gasteiger partial charge is 0.163 e. The Labute approximate surface area is 86.3 Å². The van der Waals surface area contributed by atoms with Crippen LogP contribution < -0.4 is 0 Å². The van der Waals surface area contributed by atoms with Gasteiger partial charge < -0.3 is 9.47 Å². The molecule has 0 aromatic heterocycles. The fraction of sp³-hybridized carbons (Fsp3) is 0.833. The molecule has 0 aromatic rings. The van der Waals surface area contributed by atoms with Crippen molar-refractivity contribution in [1.29, 1.82) is 0 Å². The van der Waals surface area contributed by atoms with Gasteiger partial charge in [0.2, 0.25) is 0 Å². The SMILES string of the molecule is CCC1OC(C)(C)OC2C=CCCC21. The lowest BCUT2D eigenvalue weighted by Gasteiger charge is -2.46. The molecular weight excluding hydrogens is 176 g/mol. The Bertz CT molecular complexity index is 232. The molecule has 2 heteroatoms. The highest BCUT2D eigenvalue weighted by molar-refractivity contribution is 5.02. The van der Waals surface area contributed by atoms with Crippen LogP contribution in [0.4, 0.5) is 0 Å². The normalized spacial score (nSPS) is 40.6. The lowest BCUT2D eigenvalue weighted by Crippen LogP contribution is -2.50. The van der Waals surface area contributed by atoms with Crippen molar-refractivity contribution < 1.29 is 9.47 Å². The van der Waals surface area contributed by atoms with Crippen LogP contribution in [0.1, 0.15) is 40.0 Å². The molecule has 1 aliphatic carbocycles. The van der Waals surface area contributed by atoms with Gasteiger partial charge in [-0.1, -0.05) is 19.1 Å². The molecule has 1 aliphatic heterocycles. The molecule has 0 saturated carbocycles. The fourth-order valence-corrected chi connectivity index (χ4v) is 2.54. The molecule has 2 aliphatic rings. The van der Waals surface area contributed by atoms with Gasteiger partial charge in [-0.25, -0.2) is 0 Å². The van der Waals surface area contributed by atoms with Gasteiger partial charge in [-0.05, 0) is 33.1 Å². The lowest BCUT2D eigenvalue weighted by molar-refractivity contribution is -0.313. The maximum atomic E-state index is 5.94. The Hall–Kier alpha value is -0.340. The van der Waals surface area contributed by atoms with Gasteiger partial charge in [-0.15, -0.1) is 0 Å². The predicted octanol–water partition coefficient (Wildman–Crippen LogP) is 2.88. The Morgan fingerprint density at radius 1 is 1.36 bits per heavy atom. The second-order valence-electron chi connectivity index (χ2n) is 4.72. The van der Waals surface area contributed by atoms with Crippen LogP contribution in [0.15, 0.2) is 12.2 Å². The van der Waals surface area contributed by atoms with E-state index in [0.29, 0.717) is 12.0 Å². The number of hydrogen-bond acceptors (Lipinski definition) is 2. The average Bonchev–Trinajstić information content (AvgIpc) is 2.15. The zero-order valence-corrected chi connectivity index (χ0v) is 9.32. The molecule has 0 aromatic carbocycles. The maximum Gasteiger partial charge on any atom is 0.163 e. The van der Waals surface area contributed by atoms with E-state index in [1.165, 1.54) is 12.8 Å². The van der Waals surface area contributed by atoms with Crippen molar-refractivity contribution in [1.82, 2.24) is 0 Å². The highest BCUT2D eigenvalue weighted by Gasteiger charge is 2.41. The second-order valence-corrected chi connectivity index (χ2v) is 4.72. The summed E-state index contributed by atoms with van der Waals surface area (Å²) in [5.74, 6) is 0.154. The van der Waals surface area contributed by atoms with E-state index in [1.807, 2.05) is 13.8 Å². The fourth-order valence-electron chi connectivity index (χ4n) is 2.54. The van der Waals surface area contributed by atoms with Gasteiger partial charge in [-0.2, -0.15) is 0 Å². The quantitative estimate of drug-likeness (QED) is 0.600. The van der Waals surface area contributed by atoms with Gasteiger partial charge in [0, 0.05) is 5.92 Å². The Balaban J connectivity index is 2.16. The summed E-state index contributed by atoms with van der Waals surface area (Å²) >= 11 is 0. The van der Waals surface area contributed by atoms with Crippen LogP contribution in [0, 0.1) is 5.92 Å². The van der Waals surface area contributed by atoms with Crippen molar-refractivity contribution >= 4 is 0 Å². The summed E-state index contributed by atoms with van der Waals surface area (Å²) < 4.78 is 11.8. The van der Waals surface area contributed by atoms with Crippen molar-refractivity contribution in [2.24, 2.45) is 5.92 Å². The van der Waals surface area contributed by atoms with Crippen LogP contribution in [-0.2, 0) is 9.47 Å². The zero-order chi connectivity index (χ0) is 10.2. The van der Waals surface area contributed by atoms with E-state index in [-0.39, 0.29) is 6.10 Å². The van der Waals surface area contributed by atoms with Crippen LogP contribution in [0.2, 0.25) is 0 Å². The largest absolute Gasteiger partial charge is 0.347 e. The molecule has 80 valence electrons. The second kappa shape index (κ2) is 3.67. The van der Waals surface area contributed by atoms with Gasteiger partial charge >= 0.3 is 0 Å². The zero-order valence-electron chi connectivity index (χ0n) is 9.32. The highest BCUT2D eigenvalue weighted by atomic mass is 16.7. The Kier molecular flexibility index (Phi) is 2.67. The molecule has 14 heavy (non-hydrogen) atoms. The van der Waals surface area contributed by atoms with Gasteiger partial charge in [0.15, 0.2) is 5.79 Å². The highest BCUT2D eigenvalue weighted by Crippen LogP contribution is 2.37. The van der Waals surface area contributed by atoms with Gasteiger partial charge in [0.05, 0.1) is 12.2 Å². The van der Waals surface area contributed by atoms with Crippen molar-refractivity contribution in [2.75, 3.05) is 0 Å². The van der Waals surface area contributed by atoms with Crippen LogP contribution in [0.3, 0.4) is 0 Å². The van der Waals surface area contributed by atoms with Crippen LogP contribution in [-0.4, -0.2) is 18.0 Å². The topological polar surface area (TPSA) is 18.5 Å². The third kappa shape index (κ3) is 1.86. The van der Waals surface area contributed by atoms with Crippen LogP contribution >= 0.6 is 0 Å². The van der Waals surface area contributed by atoms with Crippen molar-refractivity contribution in [3.8, 4) is 0 Å². The van der Waals surface area contributed by atoms with E-state index in [0.717, 1.165) is 6.42 Å². The maximum absolute atomic E-state index is 5.94. The van der Waals surface area contributed by atoms with Crippen molar-refractivity contribution in [3.63, 3.8) is 0 Å². The predicted molar refractivity (Wildman–Crippen MR) is 56.0 cm³/mol. The molecule has 1 saturated heterocycles. The number of rotatable bonds is 1. The molecule has 0 bridgehead atoms. The summed E-state index contributed by atoms with van der Waals surface area (Å²) in [7, 11) is 0. The summed E-state index contributed by atoms with van der Waals surface area (Å²) in [5, 5.41) is 0. The molecule has 0 N–H and O–H groups in total. The third-order valence-electron chi connectivity index (χ3n) is 3.15.